The summed E-state index contributed by atoms with van der Waals surface area (Å²) in [6.07, 6.45) is 0. The summed E-state index contributed by atoms with van der Waals surface area (Å²) in [4.78, 5) is 28.0. The number of nitrogens with one attached hydrogen (secondary N) is 1. The predicted octanol–water partition coefficient (Wildman–Crippen LogP) is 3.23. The van der Waals surface area contributed by atoms with Crippen LogP contribution in [0, 0.1) is 0 Å². The molecule has 8 heteroatoms. The molecule has 0 saturated heterocycles. The van der Waals surface area contributed by atoms with Crippen LogP contribution in [-0.4, -0.2) is 41.1 Å². The molecule has 2 amide bonds. The lowest BCUT2D eigenvalue weighted by Crippen LogP contribution is -2.44. The Morgan fingerprint density at radius 1 is 1.14 bits per heavy atom. The Morgan fingerprint density at radius 3 is 2.62 bits per heavy atom. The Labute approximate surface area is 172 Å². The molecule has 148 valence electrons. The standard InChI is InChI=1S/C21H20N4O3S/c1-25-18(13-8-4-3-5-9-13)17(14-10-6-7-11-15(14)20(25)27)19(26)22-21-24-23-16(29-21)12-28-2/h3-11,17-18H,12H2,1-2H3,(H,22,24,26). The third-order valence-electron chi connectivity index (χ3n) is 4.97. The fourth-order valence-electron chi connectivity index (χ4n) is 3.69. The quantitative estimate of drug-likeness (QED) is 0.701. The number of hydrogen-bond acceptors (Lipinski definition) is 6. The molecule has 1 aliphatic rings. The molecule has 29 heavy (non-hydrogen) atoms. The number of nitrogens with zero attached hydrogens (tertiary/aromatic N) is 3. The third kappa shape index (κ3) is 3.64. The fourth-order valence-corrected chi connectivity index (χ4v) is 4.41. The number of methoxy groups -OCH3 is 1. The predicted molar refractivity (Wildman–Crippen MR) is 110 cm³/mol. The number of fused-ring (bicyclic) bond motifs is 1. The zero-order chi connectivity index (χ0) is 20.4. The van der Waals surface area contributed by atoms with Gasteiger partial charge in [0.2, 0.25) is 11.0 Å². The molecule has 0 fully saturated rings. The van der Waals surface area contributed by atoms with Crippen molar-refractivity contribution < 1.29 is 14.3 Å². The molecule has 0 radical (unpaired) electrons. The number of ether oxygens (including phenoxy) is 1. The summed E-state index contributed by atoms with van der Waals surface area (Å²) in [5.74, 6) is -0.909. The van der Waals surface area contributed by atoms with Crippen molar-refractivity contribution in [3.63, 3.8) is 0 Å². The second-order valence-electron chi connectivity index (χ2n) is 6.76. The third-order valence-corrected chi connectivity index (χ3v) is 5.78. The first-order valence-electron chi connectivity index (χ1n) is 9.13. The zero-order valence-corrected chi connectivity index (χ0v) is 16.8. The number of amides is 2. The van der Waals surface area contributed by atoms with Gasteiger partial charge in [-0.05, 0) is 17.2 Å². The van der Waals surface area contributed by atoms with E-state index in [0.717, 1.165) is 5.56 Å². The summed E-state index contributed by atoms with van der Waals surface area (Å²) in [5.41, 5.74) is 2.15. The second-order valence-corrected chi connectivity index (χ2v) is 7.82. The van der Waals surface area contributed by atoms with E-state index in [9.17, 15) is 9.59 Å². The number of rotatable bonds is 5. The lowest BCUT2D eigenvalue weighted by atomic mass is 9.79. The van der Waals surface area contributed by atoms with Gasteiger partial charge in [-0.15, -0.1) is 10.2 Å². The molecule has 2 atom stereocenters. The van der Waals surface area contributed by atoms with Crippen molar-refractivity contribution in [1.29, 1.82) is 0 Å². The molecule has 1 aliphatic heterocycles. The van der Waals surface area contributed by atoms with Gasteiger partial charge >= 0.3 is 0 Å². The van der Waals surface area contributed by atoms with Crippen LogP contribution in [0.1, 0.15) is 38.5 Å². The van der Waals surface area contributed by atoms with E-state index in [0.29, 0.717) is 27.9 Å². The van der Waals surface area contributed by atoms with Crippen LogP contribution >= 0.6 is 11.3 Å². The molecule has 2 heterocycles. The average molecular weight is 408 g/mol. The summed E-state index contributed by atoms with van der Waals surface area (Å²) >= 11 is 1.27. The number of benzene rings is 2. The van der Waals surface area contributed by atoms with Gasteiger partial charge in [-0.1, -0.05) is 59.9 Å². The maximum Gasteiger partial charge on any atom is 0.254 e. The molecule has 1 aromatic heterocycles. The van der Waals surface area contributed by atoms with Crippen LogP contribution in [0.2, 0.25) is 0 Å². The van der Waals surface area contributed by atoms with Gasteiger partial charge in [-0.2, -0.15) is 0 Å². The van der Waals surface area contributed by atoms with Crippen LogP contribution in [-0.2, 0) is 16.1 Å². The van der Waals surface area contributed by atoms with Gasteiger partial charge in [0.15, 0.2) is 0 Å². The number of hydrogen-bond donors (Lipinski definition) is 1. The topological polar surface area (TPSA) is 84.4 Å². The molecule has 1 N–H and O–H groups in total. The van der Waals surface area contributed by atoms with Crippen LogP contribution in [0.5, 0.6) is 0 Å². The number of aromatic nitrogens is 2. The Balaban J connectivity index is 1.74. The summed E-state index contributed by atoms with van der Waals surface area (Å²) < 4.78 is 5.06. The van der Waals surface area contributed by atoms with Gasteiger partial charge < -0.3 is 9.64 Å². The number of likely N-dealkylation sites (N-methyl/N-ethyl adjacent to an activating group) is 1. The van der Waals surface area contributed by atoms with Gasteiger partial charge in [0.05, 0.1) is 12.0 Å². The SMILES string of the molecule is COCc1nnc(NC(=O)C2c3ccccc3C(=O)N(C)C2c2ccccc2)s1. The van der Waals surface area contributed by atoms with Crippen molar-refractivity contribution in [3.05, 3.63) is 76.3 Å². The average Bonchev–Trinajstić information content (AvgIpc) is 3.18. The number of carbonyl (C=O) groups is 2. The van der Waals surface area contributed by atoms with E-state index in [1.54, 1.807) is 25.1 Å². The van der Waals surface area contributed by atoms with Crippen LogP contribution in [0.15, 0.2) is 54.6 Å². The van der Waals surface area contributed by atoms with Gasteiger partial charge in [0.25, 0.3) is 5.91 Å². The van der Waals surface area contributed by atoms with E-state index in [4.69, 9.17) is 4.74 Å². The largest absolute Gasteiger partial charge is 0.377 e. The van der Waals surface area contributed by atoms with Crippen molar-refractivity contribution in [1.82, 2.24) is 15.1 Å². The first-order valence-corrected chi connectivity index (χ1v) is 9.95. The molecule has 0 saturated carbocycles. The minimum atomic E-state index is -0.578. The molecule has 4 rings (SSSR count). The Kier molecular flexibility index (Phi) is 5.37. The molecule has 7 nitrogen and oxygen atoms in total. The van der Waals surface area contributed by atoms with Crippen molar-refractivity contribution in [2.45, 2.75) is 18.6 Å². The number of anilines is 1. The summed E-state index contributed by atoms with van der Waals surface area (Å²) in [6, 6.07) is 16.4. The fraction of sp³-hybridized carbons (Fsp3) is 0.238. The first-order chi connectivity index (χ1) is 14.1. The van der Waals surface area contributed by atoms with Crippen molar-refractivity contribution in [2.24, 2.45) is 0 Å². The molecule has 2 unspecified atom stereocenters. The van der Waals surface area contributed by atoms with Crippen LogP contribution in [0.4, 0.5) is 5.13 Å². The van der Waals surface area contributed by atoms with Gasteiger partial charge in [-0.25, -0.2) is 0 Å². The highest BCUT2D eigenvalue weighted by atomic mass is 32.1. The van der Waals surface area contributed by atoms with E-state index in [1.165, 1.54) is 11.3 Å². The van der Waals surface area contributed by atoms with E-state index >= 15 is 0 Å². The highest BCUT2D eigenvalue weighted by Crippen LogP contribution is 2.42. The second kappa shape index (κ2) is 8.10. The lowest BCUT2D eigenvalue weighted by Gasteiger charge is -2.39. The molecule has 2 aromatic carbocycles. The minimum Gasteiger partial charge on any atom is -0.377 e. The maximum absolute atomic E-state index is 13.4. The number of carbonyl (C=O) groups excluding carboxylic acids is 2. The highest BCUT2D eigenvalue weighted by Gasteiger charge is 2.42. The van der Waals surface area contributed by atoms with Gasteiger partial charge in [-0.3, -0.25) is 14.9 Å². The monoisotopic (exact) mass is 408 g/mol. The zero-order valence-electron chi connectivity index (χ0n) is 16.0. The van der Waals surface area contributed by atoms with Crippen molar-refractivity contribution in [2.75, 3.05) is 19.5 Å². The van der Waals surface area contributed by atoms with E-state index in [2.05, 4.69) is 15.5 Å². The van der Waals surface area contributed by atoms with Crippen molar-refractivity contribution >= 4 is 28.3 Å². The Morgan fingerprint density at radius 2 is 1.86 bits per heavy atom. The Hall–Kier alpha value is -3.10. The normalized spacial score (nSPS) is 18.4. The molecule has 3 aromatic rings. The summed E-state index contributed by atoms with van der Waals surface area (Å²) in [7, 11) is 3.31. The molecular weight excluding hydrogens is 388 g/mol. The minimum absolute atomic E-state index is 0.100. The van der Waals surface area contributed by atoms with Gasteiger partial charge in [0.1, 0.15) is 11.6 Å². The lowest BCUT2D eigenvalue weighted by molar-refractivity contribution is -0.119. The van der Waals surface area contributed by atoms with E-state index in [1.807, 2.05) is 48.5 Å². The highest BCUT2D eigenvalue weighted by molar-refractivity contribution is 7.15. The molecule has 0 aliphatic carbocycles. The molecular formula is C21H20N4O3S. The van der Waals surface area contributed by atoms with Crippen molar-refractivity contribution in [3.8, 4) is 0 Å². The van der Waals surface area contributed by atoms with E-state index < -0.39 is 12.0 Å². The summed E-state index contributed by atoms with van der Waals surface area (Å²) in [5, 5.41) is 12.0. The summed E-state index contributed by atoms with van der Waals surface area (Å²) in [6.45, 7) is 0.337. The van der Waals surface area contributed by atoms with Crippen LogP contribution in [0.3, 0.4) is 0 Å². The maximum atomic E-state index is 13.4. The van der Waals surface area contributed by atoms with Crippen LogP contribution in [0.25, 0.3) is 0 Å². The van der Waals surface area contributed by atoms with Gasteiger partial charge in [0, 0.05) is 19.7 Å². The van der Waals surface area contributed by atoms with Crippen LogP contribution < -0.4 is 5.32 Å². The smallest absolute Gasteiger partial charge is 0.254 e. The molecule has 0 spiro atoms. The molecule has 0 bridgehead atoms. The Bertz CT molecular complexity index is 1040. The first kappa shape index (κ1) is 19.2. The van der Waals surface area contributed by atoms with E-state index in [-0.39, 0.29) is 11.8 Å².